The third-order valence-corrected chi connectivity index (χ3v) is 3.92. The Morgan fingerprint density at radius 1 is 1.15 bits per heavy atom. The van der Waals surface area contributed by atoms with E-state index in [0.29, 0.717) is 30.0 Å². The first kappa shape index (κ1) is 17.9. The summed E-state index contributed by atoms with van der Waals surface area (Å²) >= 11 is 5.30. The lowest BCUT2D eigenvalue weighted by atomic mass is 10.1. The van der Waals surface area contributed by atoms with E-state index in [-0.39, 0.29) is 0 Å². The highest BCUT2D eigenvalue weighted by atomic mass is 32.1. The molecule has 0 unspecified atom stereocenters. The summed E-state index contributed by atoms with van der Waals surface area (Å²) in [7, 11) is 0. The van der Waals surface area contributed by atoms with Gasteiger partial charge in [-0.15, -0.1) is 0 Å². The lowest BCUT2D eigenvalue weighted by Crippen LogP contribution is -2.27. The van der Waals surface area contributed by atoms with Crippen molar-refractivity contribution in [2.45, 2.75) is 20.4 Å². The van der Waals surface area contributed by atoms with E-state index < -0.39 is 0 Å². The molecule has 0 bridgehead atoms. The molecule has 6 nitrogen and oxygen atoms in total. The highest BCUT2D eigenvalue weighted by molar-refractivity contribution is 7.80. The van der Waals surface area contributed by atoms with Crippen LogP contribution in [-0.4, -0.2) is 21.9 Å². The first-order valence-electron chi connectivity index (χ1n) is 8.32. The molecule has 2 aromatic carbocycles. The standard InChI is InChI=1S/C19H20N4O2S/c1-3-24-15-10-8-14(9-11-15)21-19(26)20-12-17-22-18(23-25-17)16-7-5-4-6-13(16)2/h4-11H,3,12H2,1-2H3,(H2,20,21,26). The molecule has 0 aliphatic rings. The molecule has 2 N–H and O–H groups in total. The number of hydrogen-bond donors (Lipinski definition) is 2. The van der Waals surface area contributed by atoms with Crippen molar-refractivity contribution in [2.75, 3.05) is 11.9 Å². The molecule has 3 aromatic rings. The van der Waals surface area contributed by atoms with Crippen molar-refractivity contribution in [1.82, 2.24) is 15.5 Å². The van der Waals surface area contributed by atoms with Gasteiger partial charge in [0, 0.05) is 11.3 Å². The van der Waals surface area contributed by atoms with Gasteiger partial charge in [-0.25, -0.2) is 0 Å². The molecule has 0 saturated carbocycles. The zero-order chi connectivity index (χ0) is 18.4. The second-order valence-corrected chi connectivity index (χ2v) is 6.00. The molecule has 134 valence electrons. The van der Waals surface area contributed by atoms with E-state index in [0.717, 1.165) is 22.6 Å². The number of anilines is 1. The van der Waals surface area contributed by atoms with Crippen LogP contribution in [0.25, 0.3) is 11.4 Å². The molecular formula is C19H20N4O2S. The number of aromatic nitrogens is 2. The van der Waals surface area contributed by atoms with E-state index in [1.54, 1.807) is 0 Å². The summed E-state index contributed by atoms with van der Waals surface area (Å²) in [5.41, 5.74) is 2.93. The maximum absolute atomic E-state index is 5.41. The van der Waals surface area contributed by atoms with Gasteiger partial charge < -0.3 is 19.9 Å². The topological polar surface area (TPSA) is 72.2 Å². The average Bonchev–Trinajstić information content (AvgIpc) is 3.11. The molecule has 0 aliphatic heterocycles. The van der Waals surface area contributed by atoms with Gasteiger partial charge >= 0.3 is 0 Å². The monoisotopic (exact) mass is 368 g/mol. The number of nitrogens with one attached hydrogen (secondary N) is 2. The van der Waals surface area contributed by atoms with Crippen molar-refractivity contribution in [3.63, 3.8) is 0 Å². The highest BCUT2D eigenvalue weighted by Gasteiger charge is 2.10. The van der Waals surface area contributed by atoms with Crippen LogP contribution in [0.5, 0.6) is 5.75 Å². The molecule has 0 saturated heterocycles. The number of nitrogens with zero attached hydrogens (tertiary/aromatic N) is 2. The minimum atomic E-state index is 0.349. The first-order valence-corrected chi connectivity index (χ1v) is 8.73. The SMILES string of the molecule is CCOc1ccc(NC(=S)NCc2nc(-c3ccccc3C)no2)cc1. The summed E-state index contributed by atoms with van der Waals surface area (Å²) in [5.74, 6) is 1.87. The Bertz CT molecular complexity index is 877. The summed E-state index contributed by atoms with van der Waals surface area (Å²) in [5, 5.41) is 10.7. The van der Waals surface area contributed by atoms with Gasteiger partial charge in [0.05, 0.1) is 13.2 Å². The number of rotatable bonds is 6. The van der Waals surface area contributed by atoms with Gasteiger partial charge in [-0.1, -0.05) is 29.4 Å². The minimum absolute atomic E-state index is 0.349. The van der Waals surface area contributed by atoms with Gasteiger partial charge in [0.15, 0.2) is 5.11 Å². The fraction of sp³-hybridized carbons (Fsp3) is 0.211. The molecular weight excluding hydrogens is 348 g/mol. The molecule has 0 aliphatic carbocycles. The van der Waals surface area contributed by atoms with Gasteiger partial charge in [0.1, 0.15) is 5.75 Å². The van der Waals surface area contributed by atoms with Crippen LogP contribution in [0.2, 0.25) is 0 Å². The van der Waals surface area contributed by atoms with Crippen LogP contribution in [0.15, 0.2) is 53.1 Å². The Hall–Kier alpha value is -2.93. The maximum Gasteiger partial charge on any atom is 0.246 e. The number of hydrogen-bond acceptors (Lipinski definition) is 5. The third kappa shape index (κ3) is 4.58. The van der Waals surface area contributed by atoms with Crippen molar-refractivity contribution < 1.29 is 9.26 Å². The van der Waals surface area contributed by atoms with Crippen molar-refractivity contribution in [1.29, 1.82) is 0 Å². The fourth-order valence-electron chi connectivity index (χ4n) is 2.39. The first-order chi connectivity index (χ1) is 12.7. The third-order valence-electron chi connectivity index (χ3n) is 3.68. The molecule has 1 heterocycles. The number of ether oxygens (including phenoxy) is 1. The van der Waals surface area contributed by atoms with Gasteiger partial charge in [-0.05, 0) is 55.9 Å². The lowest BCUT2D eigenvalue weighted by Gasteiger charge is -2.09. The summed E-state index contributed by atoms with van der Waals surface area (Å²) in [6, 6.07) is 15.5. The zero-order valence-electron chi connectivity index (χ0n) is 14.7. The lowest BCUT2D eigenvalue weighted by molar-refractivity contribution is 0.340. The normalized spacial score (nSPS) is 10.4. The van der Waals surface area contributed by atoms with E-state index in [1.807, 2.05) is 62.4 Å². The van der Waals surface area contributed by atoms with Crippen LogP contribution in [0.3, 0.4) is 0 Å². The van der Waals surface area contributed by atoms with Gasteiger partial charge in [0.25, 0.3) is 0 Å². The molecule has 7 heteroatoms. The van der Waals surface area contributed by atoms with Crippen molar-refractivity contribution >= 4 is 23.0 Å². The second kappa shape index (κ2) is 8.44. The quantitative estimate of drug-likeness (QED) is 0.639. The van der Waals surface area contributed by atoms with Crippen molar-refractivity contribution in [3.8, 4) is 17.1 Å². The molecule has 0 radical (unpaired) electrons. The molecule has 0 fully saturated rings. The molecule has 0 spiro atoms. The summed E-state index contributed by atoms with van der Waals surface area (Å²) in [6.45, 7) is 4.95. The number of benzene rings is 2. The minimum Gasteiger partial charge on any atom is -0.494 e. The summed E-state index contributed by atoms with van der Waals surface area (Å²) in [6.07, 6.45) is 0. The maximum atomic E-state index is 5.41. The summed E-state index contributed by atoms with van der Waals surface area (Å²) < 4.78 is 10.7. The van der Waals surface area contributed by atoms with Crippen LogP contribution >= 0.6 is 12.2 Å². The van der Waals surface area contributed by atoms with E-state index >= 15 is 0 Å². The fourth-order valence-corrected chi connectivity index (χ4v) is 2.58. The Morgan fingerprint density at radius 3 is 2.65 bits per heavy atom. The number of aryl methyl sites for hydroxylation is 1. The molecule has 3 rings (SSSR count). The van der Waals surface area contributed by atoms with E-state index in [4.69, 9.17) is 21.5 Å². The largest absolute Gasteiger partial charge is 0.494 e. The van der Waals surface area contributed by atoms with Gasteiger partial charge in [-0.3, -0.25) is 0 Å². The Balaban J connectivity index is 1.54. The zero-order valence-corrected chi connectivity index (χ0v) is 15.5. The van der Waals surface area contributed by atoms with Gasteiger partial charge in [-0.2, -0.15) is 4.98 Å². The second-order valence-electron chi connectivity index (χ2n) is 5.59. The van der Waals surface area contributed by atoms with Crippen LogP contribution < -0.4 is 15.4 Å². The van der Waals surface area contributed by atoms with E-state index in [1.165, 1.54) is 0 Å². The predicted octanol–water partition coefficient (Wildman–Crippen LogP) is 3.93. The van der Waals surface area contributed by atoms with Gasteiger partial charge in [0.2, 0.25) is 11.7 Å². The highest BCUT2D eigenvalue weighted by Crippen LogP contribution is 2.19. The molecule has 0 atom stereocenters. The average molecular weight is 368 g/mol. The Labute approximate surface area is 157 Å². The predicted molar refractivity (Wildman–Crippen MR) is 105 cm³/mol. The van der Waals surface area contributed by atoms with Crippen LogP contribution in [-0.2, 0) is 6.54 Å². The van der Waals surface area contributed by atoms with Crippen molar-refractivity contribution in [2.24, 2.45) is 0 Å². The molecule has 0 amide bonds. The molecule has 26 heavy (non-hydrogen) atoms. The smallest absolute Gasteiger partial charge is 0.246 e. The van der Waals surface area contributed by atoms with E-state index in [2.05, 4.69) is 20.8 Å². The van der Waals surface area contributed by atoms with E-state index in [9.17, 15) is 0 Å². The van der Waals surface area contributed by atoms with Crippen LogP contribution in [0.1, 0.15) is 18.4 Å². The summed E-state index contributed by atoms with van der Waals surface area (Å²) in [4.78, 5) is 4.41. The Morgan fingerprint density at radius 2 is 1.92 bits per heavy atom. The molecule has 1 aromatic heterocycles. The van der Waals surface area contributed by atoms with Crippen LogP contribution in [0.4, 0.5) is 5.69 Å². The van der Waals surface area contributed by atoms with Crippen LogP contribution in [0, 0.1) is 6.92 Å². The Kier molecular flexibility index (Phi) is 5.80. The van der Waals surface area contributed by atoms with Crippen molar-refractivity contribution in [3.05, 3.63) is 60.0 Å². The number of thiocarbonyl (C=S) groups is 1.